The summed E-state index contributed by atoms with van der Waals surface area (Å²) in [6.07, 6.45) is 0. The molecule has 3 heteroatoms. The van der Waals surface area contributed by atoms with E-state index in [1.807, 2.05) is 78.9 Å². The zero-order valence-electron chi connectivity index (χ0n) is 14.1. The summed E-state index contributed by atoms with van der Waals surface area (Å²) in [5.41, 5.74) is 6.64. The van der Waals surface area contributed by atoms with Crippen molar-refractivity contribution in [2.24, 2.45) is 5.84 Å². The molecule has 4 aromatic carbocycles. The van der Waals surface area contributed by atoms with Crippen molar-refractivity contribution in [1.29, 1.82) is 0 Å². The number of carbonyl (C=O) groups is 1. The van der Waals surface area contributed by atoms with Gasteiger partial charge in [-0.1, -0.05) is 84.9 Å². The maximum atomic E-state index is 12.8. The van der Waals surface area contributed by atoms with E-state index in [1.165, 1.54) is 0 Å². The van der Waals surface area contributed by atoms with Crippen molar-refractivity contribution in [2.45, 2.75) is 0 Å². The molecule has 3 nitrogen and oxygen atoms in total. The van der Waals surface area contributed by atoms with E-state index < -0.39 is 0 Å². The van der Waals surface area contributed by atoms with Crippen LogP contribution in [-0.2, 0) is 0 Å². The quantitative estimate of drug-likeness (QED) is 0.321. The maximum absolute atomic E-state index is 12.8. The SMILES string of the molecule is NNC(=O)c1c(-c2ccccc2)cc2ccccc2c1-c1ccccc1. The van der Waals surface area contributed by atoms with Crippen LogP contribution < -0.4 is 11.3 Å². The van der Waals surface area contributed by atoms with E-state index >= 15 is 0 Å². The molecule has 3 N–H and O–H groups in total. The van der Waals surface area contributed by atoms with Gasteiger partial charge in [-0.05, 0) is 33.5 Å². The summed E-state index contributed by atoms with van der Waals surface area (Å²) in [6, 6.07) is 30.0. The van der Waals surface area contributed by atoms with Crippen LogP contribution in [0.1, 0.15) is 10.4 Å². The molecule has 0 aliphatic carbocycles. The second-order valence-corrected chi connectivity index (χ2v) is 6.10. The van der Waals surface area contributed by atoms with Crippen LogP contribution in [0, 0.1) is 0 Å². The zero-order valence-corrected chi connectivity index (χ0v) is 14.1. The fourth-order valence-electron chi connectivity index (χ4n) is 3.41. The van der Waals surface area contributed by atoms with Gasteiger partial charge in [0.1, 0.15) is 0 Å². The molecule has 1 amide bonds. The smallest absolute Gasteiger partial charge is 0.266 e. The Balaban J connectivity index is 2.17. The predicted molar refractivity (Wildman–Crippen MR) is 106 cm³/mol. The lowest BCUT2D eigenvalue weighted by Gasteiger charge is -2.17. The molecule has 0 aliphatic rings. The second-order valence-electron chi connectivity index (χ2n) is 6.10. The van der Waals surface area contributed by atoms with Crippen LogP contribution in [0.4, 0.5) is 0 Å². The third kappa shape index (κ3) is 2.75. The molecule has 4 aromatic rings. The van der Waals surface area contributed by atoms with Gasteiger partial charge in [-0.3, -0.25) is 10.2 Å². The molecule has 126 valence electrons. The van der Waals surface area contributed by atoms with Crippen molar-refractivity contribution in [1.82, 2.24) is 5.43 Å². The largest absolute Gasteiger partial charge is 0.290 e. The van der Waals surface area contributed by atoms with Gasteiger partial charge in [-0.15, -0.1) is 0 Å². The van der Waals surface area contributed by atoms with Crippen LogP contribution in [0.3, 0.4) is 0 Å². The Morgan fingerprint density at radius 2 is 1.31 bits per heavy atom. The highest BCUT2D eigenvalue weighted by atomic mass is 16.2. The lowest BCUT2D eigenvalue weighted by Crippen LogP contribution is -2.31. The molecular weight excluding hydrogens is 320 g/mol. The Hall–Kier alpha value is -3.43. The van der Waals surface area contributed by atoms with Crippen molar-refractivity contribution in [3.63, 3.8) is 0 Å². The highest BCUT2D eigenvalue weighted by Crippen LogP contribution is 2.38. The van der Waals surface area contributed by atoms with Gasteiger partial charge in [0.15, 0.2) is 0 Å². The van der Waals surface area contributed by atoms with Crippen molar-refractivity contribution < 1.29 is 4.79 Å². The first kappa shape index (κ1) is 16.1. The highest BCUT2D eigenvalue weighted by molar-refractivity contribution is 6.14. The number of nitrogens with two attached hydrogens (primary N) is 1. The lowest BCUT2D eigenvalue weighted by molar-refractivity contribution is 0.0955. The highest BCUT2D eigenvalue weighted by Gasteiger charge is 2.21. The summed E-state index contributed by atoms with van der Waals surface area (Å²) in [5.74, 6) is 5.24. The topological polar surface area (TPSA) is 55.1 Å². The van der Waals surface area contributed by atoms with Crippen molar-refractivity contribution in [2.75, 3.05) is 0 Å². The van der Waals surface area contributed by atoms with E-state index in [2.05, 4.69) is 17.6 Å². The van der Waals surface area contributed by atoms with Gasteiger partial charge in [-0.25, -0.2) is 5.84 Å². The van der Waals surface area contributed by atoms with Gasteiger partial charge in [0.2, 0.25) is 0 Å². The molecule has 0 aromatic heterocycles. The molecule has 0 saturated heterocycles. The number of hydrazine groups is 1. The van der Waals surface area contributed by atoms with Gasteiger partial charge in [-0.2, -0.15) is 0 Å². The minimum absolute atomic E-state index is 0.298. The van der Waals surface area contributed by atoms with E-state index in [0.717, 1.165) is 33.0 Å². The average Bonchev–Trinajstić information content (AvgIpc) is 2.73. The monoisotopic (exact) mass is 338 g/mol. The fraction of sp³-hybridized carbons (Fsp3) is 0. The molecule has 0 aliphatic heterocycles. The first-order chi connectivity index (χ1) is 12.8. The molecule has 0 atom stereocenters. The molecular formula is C23H18N2O. The molecule has 0 radical (unpaired) electrons. The number of fused-ring (bicyclic) bond motifs is 1. The number of amides is 1. The van der Waals surface area contributed by atoms with Crippen LogP contribution in [0.5, 0.6) is 0 Å². The minimum Gasteiger partial charge on any atom is -0.290 e. The van der Waals surface area contributed by atoms with Gasteiger partial charge < -0.3 is 0 Å². The lowest BCUT2D eigenvalue weighted by atomic mass is 9.87. The Morgan fingerprint density at radius 3 is 1.96 bits per heavy atom. The molecule has 0 fully saturated rings. The van der Waals surface area contributed by atoms with Gasteiger partial charge >= 0.3 is 0 Å². The Kier molecular flexibility index (Phi) is 4.22. The molecule has 0 spiro atoms. The number of rotatable bonds is 3. The Labute approximate surface area is 152 Å². The number of carbonyl (C=O) groups excluding carboxylic acids is 1. The zero-order chi connectivity index (χ0) is 17.9. The third-order valence-electron chi connectivity index (χ3n) is 4.55. The molecule has 0 heterocycles. The van der Waals surface area contributed by atoms with E-state index in [0.29, 0.717) is 5.56 Å². The summed E-state index contributed by atoms with van der Waals surface area (Å²) in [7, 11) is 0. The van der Waals surface area contributed by atoms with Crippen molar-refractivity contribution >= 4 is 16.7 Å². The number of hydrogen-bond acceptors (Lipinski definition) is 2. The first-order valence-corrected chi connectivity index (χ1v) is 8.47. The second kappa shape index (κ2) is 6.82. The summed E-state index contributed by atoms with van der Waals surface area (Å²) in [5, 5.41) is 2.11. The van der Waals surface area contributed by atoms with Crippen molar-refractivity contribution in [3.05, 3.63) is 96.6 Å². The van der Waals surface area contributed by atoms with Crippen LogP contribution in [0.2, 0.25) is 0 Å². The molecule has 0 bridgehead atoms. The fourth-order valence-corrected chi connectivity index (χ4v) is 3.41. The number of nitrogens with one attached hydrogen (secondary N) is 1. The van der Waals surface area contributed by atoms with E-state index in [4.69, 9.17) is 5.84 Å². The number of hydrogen-bond donors (Lipinski definition) is 2. The van der Waals surface area contributed by atoms with E-state index in [9.17, 15) is 4.79 Å². The summed E-state index contributed by atoms with van der Waals surface area (Å²) < 4.78 is 0. The third-order valence-corrected chi connectivity index (χ3v) is 4.55. The number of benzene rings is 4. The molecule has 4 rings (SSSR count). The summed E-state index contributed by atoms with van der Waals surface area (Å²) in [6.45, 7) is 0. The predicted octanol–water partition coefficient (Wildman–Crippen LogP) is 4.78. The number of nitrogen functional groups attached to an aromatic ring is 1. The van der Waals surface area contributed by atoms with Crippen LogP contribution >= 0.6 is 0 Å². The first-order valence-electron chi connectivity index (χ1n) is 8.47. The minimum atomic E-state index is -0.298. The normalized spacial score (nSPS) is 10.7. The maximum Gasteiger partial charge on any atom is 0.266 e. The Morgan fingerprint density at radius 1 is 0.731 bits per heavy atom. The average molecular weight is 338 g/mol. The van der Waals surface area contributed by atoms with Gasteiger partial charge in [0.05, 0.1) is 5.56 Å². The van der Waals surface area contributed by atoms with Crippen molar-refractivity contribution in [3.8, 4) is 22.3 Å². The van der Waals surface area contributed by atoms with Crippen LogP contribution in [-0.4, -0.2) is 5.91 Å². The summed E-state index contributed by atoms with van der Waals surface area (Å²) in [4.78, 5) is 12.8. The molecule has 26 heavy (non-hydrogen) atoms. The van der Waals surface area contributed by atoms with E-state index in [1.54, 1.807) is 0 Å². The summed E-state index contributed by atoms with van der Waals surface area (Å²) >= 11 is 0. The molecule has 0 unspecified atom stereocenters. The Bertz CT molecular complexity index is 1070. The van der Waals surface area contributed by atoms with Crippen LogP contribution in [0.25, 0.3) is 33.0 Å². The van der Waals surface area contributed by atoms with E-state index in [-0.39, 0.29) is 5.91 Å². The van der Waals surface area contributed by atoms with Gasteiger partial charge in [0.25, 0.3) is 5.91 Å². The van der Waals surface area contributed by atoms with Gasteiger partial charge in [0, 0.05) is 5.56 Å². The van der Waals surface area contributed by atoms with Crippen LogP contribution in [0.15, 0.2) is 91.0 Å². The molecule has 0 saturated carbocycles. The standard InChI is InChI=1S/C23H18N2O/c24-25-23(26)22-20(16-9-3-1-4-10-16)15-18-13-7-8-14-19(18)21(22)17-11-5-2-6-12-17/h1-15H,24H2,(H,25,26).